The summed E-state index contributed by atoms with van der Waals surface area (Å²) in [6, 6.07) is 16.4. The van der Waals surface area contributed by atoms with Crippen molar-refractivity contribution >= 4 is 22.6 Å². The fourth-order valence-corrected chi connectivity index (χ4v) is 4.99. The van der Waals surface area contributed by atoms with Gasteiger partial charge in [0.25, 0.3) is 0 Å². The van der Waals surface area contributed by atoms with Gasteiger partial charge in [-0.2, -0.15) is 0 Å². The molecule has 0 saturated carbocycles. The fourth-order valence-electron chi connectivity index (χ4n) is 4.99. The van der Waals surface area contributed by atoms with Crippen LogP contribution in [0.5, 0.6) is 0 Å². The molecule has 0 unspecified atom stereocenters. The largest absolute Gasteiger partial charge is 0.326 e. The van der Waals surface area contributed by atoms with Crippen LogP contribution in [0.15, 0.2) is 53.3 Å². The van der Waals surface area contributed by atoms with Crippen LogP contribution in [0.25, 0.3) is 11.0 Å². The van der Waals surface area contributed by atoms with Crippen LogP contribution in [-0.4, -0.2) is 46.0 Å². The van der Waals surface area contributed by atoms with Crippen LogP contribution in [0.3, 0.4) is 0 Å². The number of aromatic amines is 1. The number of anilines is 1. The van der Waals surface area contributed by atoms with Crippen molar-refractivity contribution in [3.63, 3.8) is 0 Å². The smallest absolute Gasteiger partial charge is 0.308 e. The van der Waals surface area contributed by atoms with Gasteiger partial charge in [-0.05, 0) is 49.9 Å². The highest BCUT2D eigenvalue weighted by Crippen LogP contribution is 2.32. The van der Waals surface area contributed by atoms with E-state index in [9.17, 15) is 9.59 Å². The van der Waals surface area contributed by atoms with Crippen LogP contribution in [0, 0.1) is 0 Å². The number of aromatic nitrogens is 2. The van der Waals surface area contributed by atoms with Gasteiger partial charge in [0.05, 0.1) is 17.6 Å². The summed E-state index contributed by atoms with van der Waals surface area (Å²) in [6.07, 6.45) is 2.68. The molecular formula is C23H26N4O2. The zero-order valence-electron chi connectivity index (χ0n) is 16.7. The lowest BCUT2D eigenvalue weighted by Crippen LogP contribution is -2.46. The van der Waals surface area contributed by atoms with Crippen LogP contribution >= 0.6 is 0 Å². The average molecular weight is 390 g/mol. The summed E-state index contributed by atoms with van der Waals surface area (Å²) in [5, 5.41) is 0. The van der Waals surface area contributed by atoms with Gasteiger partial charge in [-0.3, -0.25) is 14.3 Å². The quantitative estimate of drug-likeness (QED) is 0.748. The van der Waals surface area contributed by atoms with Crippen LogP contribution in [0.1, 0.15) is 31.4 Å². The molecule has 1 N–H and O–H groups in total. The van der Waals surface area contributed by atoms with Crippen LogP contribution in [-0.2, 0) is 11.2 Å². The highest BCUT2D eigenvalue weighted by atomic mass is 16.2. The molecule has 150 valence electrons. The molecule has 2 aliphatic heterocycles. The molecule has 2 aliphatic rings. The Balaban J connectivity index is 1.26. The summed E-state index contributed by atoms with van der Waals surface area (Å²) >= 11 is 0. The number of para-hydroxylation sites is 3. The van der Waals surface area contributed by atoms with Crippen molar-refractivity contribution in [2.45, 2.75) is 38.3 Å². The first-order valence-corrected chi connectivity index (χ1v) is 10.4. The molecule has 1 saturated heterocycles. The zero-order chi connectivity index (χ0) is 20.0. The molecule has 1 aromatic heterocycles. The molecule has 1 amide bonds. The minimum atomic E-state index is -0.0387. The number of H-pyrrole nitrogens is 1. The molecule has 6 nitrogen and oxygen atoms in total. The van der Waals surface area contributed by atoms with E-state index in [0.717, 1.165) is 49.1 Å². The predicted octanol–water partition coefficient (Wildman–Crippen LogP) is 2.94. The molecule has 0 spiro atoms. The fraction of sp³-hybridized carbons (Fsp3) is 0.391. The van der Waals surface area contributed by atoms with Gasteiger partial charge in [0, 0.05) is 30.9 Å². The monoisotopic (exact) mass is 390 g/mol. The Kier molecular flexibility index (Phi) is 4.51. The Hall–Kier alpha value is -2.86. The number of likely N-dealkylation sites (tertiary alicyclic amines) is 1. The molecule has 29 heavy (non-hydrogen) atoms. The van der Waals surface area contributed by atoms with E-state index >= 15 is 0 Å². The van der Waals surface area contributed by atoms with E-state index in [-0.39, 0.29) is 23.7 Å². The van der Waals surface area contributed by atoms with Crippen molar-refractivity contribution in [3.05, 3.63) is 64.6 Å². The Bertz CT molecular complexity index is 1110. The highest BCUT2D eigenvalue weighted by molar-refractivity contribution is 5.97. The maximum Gasteiger partial charge on any atom is 0.326 e. The van der Waals surface area contributed by atoms with E-state index in [0.29, 0.717) is 6.54 Å². The van der Waals surface area contributed by atoms with Crippen LogP contribution < -0.4 is 10.6 Å². The molecule has 1 atom stereocenters. The number of nitrogens with one attached hydrogen (secondary N) is 1. The molecule has 1 fully saturated rings. The Morgan fingerprint density at radius 2 is 1.79 bits per heavy atom. The van der Waals surface area contributed by atoms with E-state index < -0.39 is 0 Å². The third kappa shape index (κ3) is 3.17. The molecule has 0 aliphatic carbocycles. The number of nitrogens with zero attached hydrogens (tertiary/aromatic N) is 3. The lowest BCUT2D eigenvalue weighted by Gasteiger charge is -2.33. The van der Waals surface area contributed by atoms with Gasteiger partial charge in [-0.15, -0.1) is 0 Å². The number of piperidine rings is 1. The van der Waals surface area contributed by atoms with Crippen molar-refractivity contribution in [1.29, 1.82) is 0 Å². The van der Waals surface area contributed by atoms with E-state index in [1.165, 1.54) is 5.56 Å². The van der Waals surface area contributed by atoms with Gasteiger partial charge in [0.1, 0.15) is 0 Å². The molecule has 2 aromatic carbocycles. The van der Waals surface area contributed by atoms with Crippen molar-refractivity contribution in [2.24, 2.45) is 0 Å². The van der Waals surface area contributed by atoms with Gasteiger partial charge >= 0.3 is 5.69 Å². The number of benzene rings is 2. The Morgan fingerprint density at radius 3 is 2.62 bits per heavy atom. The summed E-state index contributed by atoms with van der Waals surface area (Å²) in [5.41, 5.74) is 4.13. The number of hydrogen-bond acceptors (Lipinski definition) is 3. The van der Waals surface area contributed by atoms with Crippen molar-refractivity contribution < 1.29 is 4.79 Å². The number of rotatable bonds is 3. The number of carbonyl (C=O) groups excluding carboxylic acids is 1. The number of amides is 1. The maximum absolute atomic E-state index is 13.0. The molecule has 0 bridgehead atoms. The predicted molar refractivity (Wildman–Crippen MR) is 114 cm³/mol. The number of carbonyl (C=O) groups is 1. The van der Waals surface area contributed by atoms with Crippen molar-refractivity contribution in [1.82, 2.24) is 14.5 Å². The van der Waals surface area contributed by atoms with Crippen LogP contribution in [0.4, 0.5) is 5.69 Å². The van der Waals surface area contributed by atoms with Gasteiger partial charge in [0.15, 0.2) is 0 Å². The first-order valence-electron chi connectivity index (χ1n) is 10.4. The summed E-state index contributed by atoms with van der Waals surface area (Å²) in [7, 11) is 0. The average Bonchev–Trinajstić information content (AvgIpc) is 3.23. The Labute approximate surface area is 169 Å². The van der Waals surface area contributed by atoms with Gasteiger partial charge in [-0.25, -0.2) is 4.79 Å². The third-order valence-corrected chi connectivity index (χ3v) is 6.38. The second-order valence-electron chi connectivity index (χ2n) is 8.27. The molecule has 0 radical (unpaired) electrons. The molecule has 3 heterocycles. The minimum absolute atomic E-state index is 0.0387. The molecule has 6 heteroatoms. The summed E-state index contributed by atoms with van der Waals surface area (Å²) in [4.78, 5) is 32.7. The van der Waals surface area contributed by atoms with Crippen molar-refractivity contribution in [2.75, 3.05) is 24.5 Å². The maximum atomic E-state index is 13.0. The van der Waals surface area contributed by atoms with E-state index in [4.69, 9.17) is 0 Å². The van der Waals surface area contributed by atoms with Gasteiger partial charge in [-0.1, -0.05) is 30.3 Å². The number of imidazole rings is 1. The normalized spacial score (nSPS) is 20.3. The first kappa shape index (κ1) is 18.2. The summed E-state index contributed by atoms with van der Waals surface area (Å²) < 4.78 is 1.90. The summed E-state index contributed by atoms with van der Waals surface area (Å²) in [5.74, 6) is 0.171. The molecule has 5 rings (SSSR count). The minimum Gasteiger partial charge on any atom is -0.308 e. The SMILES string of the molecule is C[C@H]1Cc2ccccc2N1C(=O)CN1CCC(n2c(=O)[nH]c3ccccc32)CC1. The van der Waals surface area contributed by atoms with E-state index in [2.05, 4.69) is 22.9 Å². The van der Waals surface area contributed by atoms with Crippen LogP contribution in [0.2, 0.25) is 0 Å². The van der Waals surface area contributed by atoms with E-state index in [1.54, 1.807) is 0 Å². The topological polar surface area (TPSA) is 61.3 Å². The zero-order valence-corrected chi connectivity index (χ0v) is 16.7. The molecule has 3 aromatic rings. The van der Waals surface area contributed by atoms with Crippen molar-refractivity contribution in [3.8, 4) is 0 Å². The molecular weight excluding hydrogens is 364 g/mol. The lowest BCUT2D eigenvalue weighted by atomic mass is 10.0. The lowest BCUT2D eigenvalue weighted by molar-refractivity contribution is -0.120. The highest BCUT2D eigenvalue weighted by Gasteiger charge is 2.32. The number of fused-ring (bicyclic) bond motifs is 2. The third-order valence-electron chi connectivity index (χ3n) is 6.38. The van der Waals surface area contributed by atoms with Gasteiger partial charge in [0.2, 0.25) is 5.91 Å². The van der Waals surface area contributed by atoms with Gasteiger partial charge < -0.3 is 9.88 Å². The second kappa shape index (κ2) is 7.19. The summed E-state index contributed by atoms with van der Waals surface area (Å²) in [6.45, 7) is 4.21. The second-order valence-corrected chi connectivity index (χ2v) is 8.27. The standard InChI is InChI=1S/C23H26N4O2/c1-16-14-17-6-2-4-8-20(17)26(16)22(28)15-25-12-10-18(11-13-25)27-21-9-5-3-7-19(21)24-23(27)29/h2-9,16,18H,10-15H2,1H3,(H,24,29)/t16-/m0/s1. The first-order chi connectivity index (χ1) is 14.1. The number of hydrogen-bond donors (Lipinski definition) is 1. The Morgan fingerprint density at radius 1 is 1.07 bits per heavy atom. The van der Waals surface area contributed by atoms with E-state index in [1.807, 2.05) is 51.9 Å².